The summed E-state index contributed by atoms with van der Waals surface area (Å²) in [7, 11) is 0.533. The quantitative estimate of drug-likeness (QED) is 0.461. The zero-order chi connectivity index (χ0) is 5.98. The lowest BCUT2D eigenvalue weighted by molar-refractivity contribution is 0.803. The second-order valence-corrected chi connectivity index (χ2v) is 2.80. The van der Waals surface area contributed by atoms with Crippen LogP contribution in [0.4, 0.5) is 0 Å². The Bertz CT molecular complexity index is 148. The number of nitriles is 1. The first-order valence-electron chi connectivity index (χ1n) is 2.27. The van der Waals surface area contributed by atoms with Gasteiger partial charge in [-0.3, -0.25) is 4.99 Å². The summed E-state index contributed by atoms with van der Waals surface area (Å²) in [5.41, 5.74) is 5.45. The molecule has 0 bridgehead atoms. The van der Waals surface area contributed by atoms with Crippen molar-refractivity contribution >= 4 is 14.5 Å². The standard InChI is InChI=1S/C4H6N3P/c5-1-3-4(6)8-2-7-3/h2-4,8H,6H2. The highest BCUT2D eigenvalue weighted by Crippen LogP contribution is 2.22. The molecule has 0 saturated heterocycles. The van der Waals surface area contributed by atoms with Gasteiger partial charge in [0.05, 0.1) is 11.9 Å². The summed E-state index contributed by atoms with van der Waals surface area (Å²) in [6.07, 6.45) is 0. The molecule has 0 aliphatic carbocycles. The molecule has 1 heterocycles. The number of hydrogen-bond acceptors (Lipinski definition) is 3. The Hall–Kier alpha value is -0.450. The van der Waals surface area contributed by atoms with E-state index < -0.39 is 0 Å². The molecule has 0 radical (unpaired) electrons. The van der Waals surface area contributed by atoms with Gasteiger partial charge >= 0.3 is 0 Å². The monoisotopic (exact) mass is 127 g/mol. The Morgan fingerprint density at radius 3 is 2.88 bits per heavy atom. The highest BCUT2D eigenvalue weighted by atomic mass is 31.1. The van der Waals surface area contributed by atoms with Crippen LogP contribution < -0.4 is 5.73 Å². The van der Waals surface area contributed by atoms with Crippen LogP contribution in [0.2, 0.25) is 0 Å². The van der Waals surface area contributed by atoms with Gasteiger partial charge in [0.1, 0.15) is 0 Å². The van der Waals surface area contributed by atoms with E-state index in [4.69, 9.17) is 11.0 Å². The van der Waals surface area contributed by atoms with Crippen LogP contribution in [0.1, 0.15) is 0 Å². The van der Waals surface area contributed by atoms with E-state index >= 15 is 0 Å². The molecule has 42 valence electrons. The molecule has 1 rings (SSSR count). The minimum absolute atomic E-state index is 0.0278. The van der Waals surface area contributed by atoms with Crippen molar-refractivity contribution in [2.45, 2.75) is 11.8 Å². The van der Waals surface area contributed by atoms with Gasteiger partial charge in [0.25, 0.3) is 0 Å². The van der Waals surface area contributed by atoms with Gasteiger partial charge in [0.2, 0.25) is 0 Å². The second kappa shape index (κ2) is 2.21. The van der Waals surface area contributed by atoms with E-state index in [2.05, 4.69) is 4.99 Å². The number of rotatable bonds is 0. The van der Waals surface area contributed by atoms with Gasteiger partial charge in [-0.05, 0) is 0 Å². The Morgan fingerprint density at radius 1 is 1.88 bits per heavy atom. The third kappa shape index (κ3) is 0.861. The van der Waals surface area contributed by atoms with Gasteiger partial charge in [0, 0.05) is 5.96 Å². The molecule has 3 atom stereocenters. The lowest BCUT2D eigenvalue weighted by Crippen LogP contribution is -2.23. The number of aliphatic imine (C=N–C) groups is 1. The van der Waals surface area contributed by atoms with Crippen LogP contribution >= 0.6 is 8.58 Å². The smallest absolute Gasteiger partial charge is 0.155 e. The second-order valence-electron chi connectivity index (χ2n) is 1.54. The fourth-order valence-corrected chi connectivity index (χ4v) is 1.27. The van der Waals surface area contributed by atoms with E-state index in [0.29, 0.717) is 8.58 Å². The molecule has 8 heavy (non-hydrogen) atoms. The Morgan fingerprint density at radius 2 is 2.62 bits per heavy atom. The maximum atomic E-state index is 8.30. The molecular formula is C4H6N3P. The normalized spacial score (nSPS) is 38.0. The van der Waals surface area contributed by atoms with Gasteiger partial charge in [-0.15, -0.1) is 0 Å². The fourth-order valence-electron chi connectivity index (χ4n) is 0.507. The van der Waals surface area contributed by atoms with E-state index in [9.17, 15) is 0 Å². The fraction of sp³-hybridized carbons (Fsp3) is 0.500. The van der Waals surface area contributed by atoms with Crippen molar-refractivity contribution in [2.75, 3.05) is 0 Å². The molecule has 4 heteroatoms. The van der Waals surface area contributed by atoms with E-state index in [1.807, 2.05) is 6.07 Å². The third-order valence-electron chi connectivity index (χ3n) is 0.975. The van der Waals surface area contributed by atoms with E-state index in [-0.39, 0.29) is 11.8 Å². The van der Waals surface area contributed by atoms with Gasteiger partial charge < -0.3 is 5.73 Å². The summed E-state index contributed by atoms with van der Waals surface area (Å²) in [5, 5.41) is 8.30. The van der Waals surface area contributed by atoms with Crippen molar-refractivity contribution in [3.05, 3.63) is 0 Å². The third-order valence-corrected chi connectivity index (χ3v) is 1.97. The Labute approximate surface area is 49.4 Å². The molecule has 0 spiro atoms. The van der Waals surface area contributed by atoms with Crippen molar-refractivity contribution in [3.63, 3.8) is 0 Å². The van der Waals surface area contributed by atoms with Crippen molar-refractivity contribution in [1.29, 1.82) is 5.26 Å². The van der Waals surface area contributed by atoms with Gasteiger partial charge in [0.15, 0.2) is 6.04 Å². The molecule has 3 unspecified atom stereocenters. The molecule has 0 aromatic carbocycles. The summed E-state index contributed by atoms with van der Waals surface area (Å²) >= 11 is 0. The number of nitrogens with zero attached hydrogens (tertiary/aromatic N) is 2. The summed E-state index contributed by atoms with van der Waals surface area (Å²) < 4.78 is 0. The molecule has 1 aliphatic heterocycles. The first-order valence-corrected chi connectivity index (χ1v) is 3.43. The Balaban J connectivity index is 2.57. The molecule has 3 nitrogen and oxygen atoms in total. The molecule has 0 aromatic rings. The van der Waals surface area contributed by atoms with Crippen LogP contribution in [0.25, 0.3) is 0 Å². The van der Waals surface area contributed by atoms with Crippen LogP contribution in [-0.2, 0) is 0 Å². The van der Waals surface area contributed by atoms with Crippen LogP contribution in [0.15, 0.2) is 4.99 Å². The highest BCUT2D eigenvalue weighted by molar-refractivity contribution is 7.56. The summed E-state index contributed by atoms with van der Waals surface area (Å²) in [6.45, 7) is 0. The zero-order valence-corrected chi connectivity index (χ0v) is 5.20. The Kier molecular flexibility index (Phi) is 1.57. The SMILES string of the molecule is N#CC1N=CPC1N. The maximum absolute atomic E-state index is 8.30. The van der Waals surface area contributed by atoms with Gasteiger partial charge in [-0.25, -0.2) is 0 Å². The van der Waals surface area contributed by atoms with Crippen molar-refractivity contribution in [2.24, 2.45) is 10.7 Å². The van der Waals surface area contributed by atoms with Crippen LogP contribution in [-0.4, -0.2) is 17.8 Å². The minimum Gasteiger partial charge on any atom is -0.321 e. The van der Waals surface area contributed by atoms with Gasteiger partial charge in [-0.2, -0.15) is 5.26 Å². The lowest BCUT2D eigenvalue weighted by atomic mass is 10.3. The first kappa shape index (κ1) is 5.68. The lowest BCUT2D eigenvalue weighted by Gasteiger charge is -2.00. The largest absolute Gasteiger partial charge is 0.321 e. The number of hydrogen-bond donors (Lipinski definition) is 1. The topological polar surface area (TPSA) is 62.2 Å². The van der Waals surface area contributed by atoms with E-state index in [1.54, 1.807) is 5.96 Å². The molecule has 2 N–H and O–H groups in total. The van der Waals surface area contributed by atoms with Crippen molar-refractivity contribution < 1.29 is 0 Å². The molecule has 0 saturated carbocycles. The average Bonchev–Trinajstić information content (AvgIpc) is 2.14. The molecule has 1 aliphatic rings. The highest BCUT2D eigenvalue weighted by Gasteiger charge is 2.18. The molecular weight excluding hydrogens is 121 g/mol. The number of nitrogens with two attached hydrogens (primary N) is 1. The summed E-state index contributed by atoms with van der Waals surface area (Å²) in [4.78, 5) is 3.84. The molecule has 0 amide bonds. The van der Waals surface area contributed by atoms with Crippen LogP contribution in [0, 0.1) is 11.3 Å². The van der Waals surface area contributed by atoms with E-state index in [0.717, 1.165) is 0 Å². The van der Waals surface area contributed by atoms with Crippen molar-refractivity contribution in [1.82, 2.24) is 0 Å². The minimum atomic E-state index is -0.270. The van der Waals surface area contributed by atoms with Crippen molar-refractivity contribution in [3.8, 4) is 6.07 Å². The van der Waals surface area contributed by atoms with Crippen LogP contribution in [0.5, 0.6) is 0 Å². The predicted molar refractivity (Wildman–Crippen MR) is 34.2 cm³/mol. The summed E-state index contributed by atoms with van der Waals surface area (Å²) in [6, 6.07) is 1.73. The molecule has 0 fully saturated rings. The first-order chi connectivity index (χ1) is 3.84. The van der Waals surface area contributed by atoms with Gasteiger partial charge in [-0.1, -0.05) is 8.58 Å². The van der Waals surface area contributed by atoms with E-state index in [1.165, 1.54) is 0 Å². The zero-order valence-electron chi connectivity index (χ0n) is 4.20. The molecule has 0 aromatic heterocycles. The van der Waals surface area contributed by atoms with Crippen LogP contribution in [0.3, 0.4) is 0 Å². The average molecular weight is 127 g/mol. The predicted octanol–water partition coefficient (Wildman–Crippen LogP) is -0.116. The maximum Gasteiger partial charge on any atom is 0.155 e. The summed E-state index contributed by atoms with van der Waals surface area (Å²) in [5.74, 6) is 1.71.